The molecule has 3 N–H and O–H groups in total. The number of nitrogens with two attached hydrogens (primary N) is 1. The first-order valence-electron chi connectivity index (χ1n) is 5.92. The Morgan fingerprint density at radius 1 is 1.29 bits per heavy atom. The molecule has 2 unspecified atom stereocenters. The summed E-state index contributed by atoms with van der Waals surface area (Å²) in [7, 11) is 3.35. The fraction of sp³-hybridized carbons (Fsp3) is 0.538. The van der Waals surface area contributed by atoms with E-state index in [1.165, 1.54) is 5.56 Å². The lowest BCUT2D eigenvalue weighted by Gasteiger charge is -2.20. The molecular weight excluding hydrogens is 216 g/mol. The van der Waals surface area contributed by atoms with Crippen LogP contribution in [-0.4, -0.2) is 33.9 Å². The summed E-state index contributed by atoms with van der Waals surface area (Å²) in [5.74, 6) is 2.62. The van der Waals surface area contributed by atoms with Crippen LogP contribution < -0.4 is 20.5 Å². The van der Waals surface area contributed by atoms with Gasteiger partial charge in [-0.1, -0.05) is 6.07 Å². The molecule has 1 aliphatic rings. The maximum absolute atomic E-state index is 5.80. The number of ether oxygens (including phenoxy) is 2. The summed E-state index contributed by atoms with van der Waals surface area (Å²) in [4.78, 5) is 0. The molecule has 0 aromatic heterocycles. The SMILES string of the molecule is COc1ccc(C2CNCC2CN)c(OC)c1. The Balaban J connectivity index is 2.30. The van der Waals surface area contributed by atoms with Crippen molar-refractivity contribution in [2.24, 2.45) is 11.7 Å². The fourth-order valence-corrected chi connectivity index (χ4v) is 2.47. The Kier molecular flexibility index (Phi) is 3.86. The van der Waals surface area contributed by atoms with E-state index in [2.05, 4.69) is 11.4 Å². The van der Waals surface area contributed by atoms with Crippen molar-refractivity contribution in [3.05, 3.63) is 23.8 Å². The third-order valence-corrected chi connectivity index (χ3v) is 3.48. The topological polar surface area (TPSA) is 56.5 Å². The second-order valence-corrected chi connectivity index (χ2v) is 4.37. The lowest BCUT2D eigenvalue weighted by atomic mass is 9.88. The molecule has 17 heavy (non-hydrogen) atoms. The van der Waals surface area contributed by atoms with E-state index in [9.17, 15) is 0 Å². The van der Waals surface area contributed by atoms with E-state index in [1.54, 1.807) is 14.2 Å². The first kappa shape index (κ1) is 12.2. The van der Waals surface area contributed by atoms with Gasteiger partial charge in [0.2, 0.25) is 0 Å². The van der Waals surface area contributed by atoms with Gasteiger partial charge in [-0.3, -0.25) is 0 Å². The Hall–Kier alpha value is -1.26. The summed E-state index contributed by atoms with van der Waals surface area (Å²) >= 11 is 0. The van der Waals surface area contributed by atoms with E-state index < -0.39 is 0 Å². The van der Waals surface area contributed by atoms with Crippen molar-refractivity contribution >= 4 is 0 Å². The largest absolute Gasteiger partial charge is 0.497 e. The van der Waals surface area contributed by atoms with E-state index >= 15 is 0 Å². The summed E-state index contributed by atoms with van der Waals surface area (Å²) < 4.78 is 10.7. The van der Waals surface area contributed by atoms with Crippen LogP contribution in [0, 0.1) is 5.92 Å². The van der Waals surface area contributed by atoms with Crippen molar-refractivity contribution in [1.82, 2.24) is 5.32 Å². The van der Waals surface area contributed by atoms with Gasteiger partial charge in [0.25, 0.3) is 0 Å². The molecule has 0 saturated carbocycles. The van der Waals surface area contributed by atoms with Gasteiger partial charge in [0.05, 0.1) is 14.2 Å². The number of hydrogen-bond acceptors (Lipinski definition) is 4. The minimum absolute atomic E-state index is 0.431. The molecule has 0 bridgehead atoms. The van der Waals surface area contributed by atoms with Crippen molar-refractivity contribution < 1.29 is 9.47 Å². The number of rotatable bonds is 4. The fourth-order valence-electron chi connectivity index (χ4n) is 2.47. The third-order valence-electron chi connectivity index (χ3n) is 3.48. The zero-order chi connectivity index (χ0) is 12.3. The highest BCUT2D eigenvalue weighted by Gasteiger charge is 2.29. The molecule has 4 heteroatoms. The zero-order valence-electron chi connectivity index (χ0n) is 10.4. The molecule has 1 aromatic carbocycles. The number of benzene rings is 1. The first-order chi connectivity index (χ1) is 8.30. The van der Waals surface area contributed by atoms with E-state index in [0.29, 0.717) is 18.4 Å². The van der Waals surface area contributed by atoms with Crippen LogP contribution in [0.1, 0.15) is 11.5 Å². The average molecular weight is 236 g/mol. The second kappa shape index (κ2) is 5.38. The van der Waals surface area contributed by atoms with Gasteiger partial charge >= 0.3 is 0 Å². The van der Waals surface area contributed by atoms with Crippen LogP contribution in [0.2, 0.25) is 0 Å². The van der Waals surface area contributed by atoms with Crippen LogP contribution in [0.15, 0.2) is 18.2 Å². The monoisotopic (exact) mass is 236 g/mol. The number of methoxy groups -OCH3 is 2. The molecule has 4 nitrogen and oxygen atoms in total. The molecule has 94 valence electrons. The minimum atomic E-state index is 0.431. The molecule has 1 aromatic rings. The normalized spacial score (nSPS) is 23.7. The quantitative estimate of drug-likeness (QED) is 0.817. The van der Waals surface area contributed by atoms with Crippen molar-refractivity contribution in [2.45, 2.75) is 5.92 Å². The minimum Gasteiger partial charge on any atom is -0.497 e. The molecule has 1 aliphatic heterocycles. The molecule has 2 rings (SSSR count). The molecule has 0 aliphatic carbocycles. The molecule has 2 atom stereocenters. The molecule has 0 amide bonds. The van der Waals surface area contributed by atoms with E-state index in [1.807, 2.05) is 12.1 Å². The Labute approximate surface area is 102 Å². The molecule has 1 saturated heterocycles. The van der Waals surface area contributed by atoms with Crippen molar-refractivity contribution in [3.8, 4) is 11.5 Å². The lowest BCUT2D eigenvalue weighted by Crippen LogP contribution is -2.21. The van der Waals surface area contributed by atoms with Gasteiger partial charge in [0, 0.05) is 18.5 Å². The highest BCUT2D eigenvalue weighted by molar-refractivity contribution is 5.43. The van der Waals surface area contributed by atoms with Crippen molar-refractivity contribution in [1.29, 1.82) is 0 Å². The van der Waals surface area contributed by atoms with Gasteiger partial charge in [-0.2, -0.15) is 0 Å². The first-order valence-corrected chi connectivity index (χ1v) is 5.92. The predicted octanol–water partition coefficient (Wildman–Crippen LogP) is 0.965. The van der Waals surface area contributed by atoms with Crippen LogP contribution in [0.25, 0.3) is 0 Å². The van der Waals surface area contributed by atoms with Gasteiger partial charge in [0.15, 0.2) is 0 Å². The van der Waals surface area contributed by atoms with E-state index in [0.717, 1.165) is 24.6 Å². The summed E-state index contributed by atoms with van der Waals surface area (Å²) in [6.45, 7) is 2.65. The maximum Gasteiger partial charge on any atom is 0.126 e. The van der Waals surface area contributed by atoms with Crippen LogP contribution in [0.3, 0.4) is 0 Å². The highest BCUT2D eigenvalue weighted by Crippen LogP contribution is 2.35. The van der Waals surface area contributed by atoms with Crippen LogP contribution in [0.5, 0.6) is 11.5 Å². The van der Waals surface area contributed by atoms with E-state index in [-0.39, 0.29) is 0 Å². The molecule has 0 spiro atoms. The van der Waals surface area contributed by atoms with Crippen LogP contribution >= 0.6 is 0 Å². The molecule has 0 radical (unpaired) electrons. The van der Waals surface area contributed by atoms with Crippen molar-refractivity contribution in [2.75, 3.05) is 33.9 Å². The van der Waals surface area contributed by atoms with Crippen LogP contribution in [0.4, 0.5) is 0 Å². The number of hydrogen-bond donors (Lipinski definition) is 2. The van der Waals surface area contributed by atoms with Gasteiger partial charge in [-0.25, -0.2) is 0 Å². The molecular formula is C13H20N2O2. The summed E-state index contributed by atoms with van der Waals surface area (Å²) in [6.07, 6.45) is 0. The molecule has 1 heterocycles. The Morgan fingerprint density at radius 2 is 2.12 bits per heavy atom. The van der Waals surface area contributed by atoms with Gasteiger partial charge in [-0.15, -0.1) is 0 Å². The smallest absolute Gasteiger partial charge is 0.126 e. The maximum atomic E-state index is 5.80. The standard InChI is InChI=1S/C13H20N2O2/c1-16-10-3-4-11(13(5-10)17-2)12-8-15-7-9(12)6-14/h3-5,9,12,15H,6-8,14H2,1-2H3. The van der Waals surface area contributed by atoms with Crippen molar-refractivity contribution in [3.63, 3.8) is 0 Å². The zero-order valence-corrected chi connectivity index (χ0v) is 10.4. The van der Waals surface area contributed by atoms with Gasteiger partial charge in [0.1, 0.15) is 11.5 Å². The van der Waals surface area contributed by atoms with Gasteiger partial charge in [-0.05, 0) is 30.6 Å². The summed E-state index contributed by atoms with van der Waals surface area (Å²) in [5, 5.41) is 3.38. The number of nitrogens with one attached hydrogen (secondary N) is 1. The van der Waals surface area contributed by atoms with E-state index in [4.69, 9.17) is 15.2 Å². The third kappa shape index (κ3) is 2.37. The Bertz CT molecular complexity index is 382. The molecule has 1 fully saturated rings. The van der Waals surface area contributed by atoms with Gasteiger partial charge < -0.3 is 20.5 Å². The lowest BCUT2D eigenvalue weighted by molar-refractivity contribution is 0.385. The average Bonchev–Trinajstić information content (AvgIpc) is 2.85. The predicted molar refractivity (Wildman–Crippen MR) is 67.7 cm³/mol. The summed E-state index contributed by atoms with van der Waals surface area (Å²) in [5.41, 5.74) is 7.02. The summed E-state index contributed by atoms with van der Waals surface area (Å²) in [6, 6.07) is 5.99. The highest BCUT2D eigenvalue weighted by atomic mass is 16.5. The Morgan fingerprint density at radius 3 is 2.76 bits per heavy atom. The second-order valence-electron chi connectivity index (χ2n) is 4.37. The van der Waals surface area contributed by atoms with Crippen LogP contribution in [-0.2, 0) is 0 Å².